The Morgan fingerprint density at radius 2 is 1.41 bits per heavy atom. The van der Waals surface area contributed by atoms with Crippen molar-refractivity contribution in [3.8, 4) is 0 Å². The van der Waals surface area contributed by atoms with Gasteiger partial charge in [0.1, 0.15) is 0 Å². The Bertz CT molecular complexity index is 573. The molecule has 0 bridgehead atoms. The molecule has 0 heterocycles. The number of fused-ring (bicyclic) bond motifs is 5. The lowest BCUT2D eigenvalue weighted by molar-refractivity contribution is -0.174. The third-order valence-corrected chi connectivity index (χ3v) is 10.9. The Hall–Kier alpha value is -0.0800. The minimum absolute atomic E-state index is 0.254. The van der Waals surface area contributed by atoms with Crippen LogP contribution in [0.4, 0.5) is 0 Å². The minimum atomic E-state index is -0.486. The standard InChI is InChI=1S/C27H48O2/c1-17(2)7-6-8-18(3)20-11-12-21-19-9-10-23-25(29)24(28)14-16-27(23,5)22(19)13-15-26(20,21)4/h17-25,28-29H,6-16H2,1-5H3/t18-,19+,20-,21+,22+,23-,24-,25-,26-,27+/m0/s1. The Balaban J connectivity index is 1.48. The Kier molecular flexibility index (Phi) is 6.19. The first-order valence-corrected chi connectivity index (χ1v) is 13.0. The van der Waals surface area contributed by atoms with Crippen LogP contribution in [0.3, 0.4) is 0 Å². The summed E-state index contributed by atoms with van der Waals surface area (Å²) in [4.78, 5) is 0. The van der Waals surface area contributed by atoms with Crippen LogP contribution in [0.15, 0.2) is 0 Å². The van der Waals surface area contributed by atoms with Gasteiger partial charge in [-0.2, -0.15) is 0 Å². The zero-order valence-electron chi connectivity index (χ0n) is 19.9. The smallest absolute Gasteiger partial charge is 0.0832 e. The highest BCUT2D eigenvalue weighted by atomic mass is 16.3. The van der Waals surface area contributed by atoms with Gasteiger partial charge in [0.25, 0.3) is 0 Å². The molecule has 0 aliphatic heterocycles. The van der Waals surface area contributed by atoms with E-state index >= 15 is 0 Å². The second kappa shape index (κ2) is 8.12. The van der Waals surface area contributed by atoms with Gasteiger partial charge in [0.15, 0.2) is 0 Å². The minimum Gasteiger partial charge on any atom is -0.390 e. The van der Waals surface area contributed by atoms with E-state index in [0.717, 1.165) is 54.8 Å². The molecule has 29 heavy (non-hydrogen) atoms. The second-order valence-electron chi connectivity index (χ2n) is 12.7. The van der Waals surface area contributed by atoms with Crippen LogP contribution in [0.2, 0.25) is 0 Å². The monoisotopic (exact) mass is 404 g/mol. The zero-order valence-corrected chi connectivity index (χ0v) is 19.9. The molecule has 2 heteroatoms. The van der Waals surface area contributed by atoms with Crippen molar-refractivity contribution in [2.24, 2.45) is 52.3 Å². The predicted molar refractivity (Wildman–Crippen MR) is 120 cm³/mol. The average Bonchev–Trinajstić information content (AvgIpc) is 3.02. The first kappa shape index (κ1) is 22.1. The number of aliphatic hydroxyl groups excluding tert-OH is 2. The molecule has 2 N–H and O–H groups in total. The molecular formula is C27H48O2. The molecule has 10 atom stereocenters. The lowest BCUT2D eigenvalue weighted by Gasteiger charge is -2.62. The fourth-order valence-corrected chi connectivity index (χ4v) is 9.34. The van der Waals surface area contributed by atoms with Crippen LogP contribution in [-0.2, 0) is 0 Å². The van der Waals surface area contributed by atoms with Gasteiger partial charge in [-0.05, 0) is 104 Å². The summed E-state index contributed by atoms with van der Waals surface area (Å²) < 4.78 is 0. The first-order chi connectivity index (χ1) is 13.7. The summed E-state index contributed by atoms with van der Waals surface area (Å²) in [5, 5.41) is 21.0. The molecule has 0 spiro atoms. The third kappa shape index (κ3) is 3.63. The maximum absolute atomic E-state index is 10.8. The number of rotatable bonds is 5. The van der Waals surface area contributed by atoms with Gasteiger partial charge in [-0.25, -0.2) is 0 Å². The normalized spacial score (nSPS) is 50.7. The quantitative estimate of drug-likeness (QED) is 0.553. The molecule has 168 valence electrons. The molecular weight excluding hydrogens is 356 g/mol. The van der Waals surface area contributed by atoms with Crippen molar-refractivity contribution < 1.29 is 10.2 Å². The first-order valence-electron chi connectivity index (χ1n) is 13.0. The SMILES string of the molecule is CC(C)CCC[C@H](C)[C@@H]1CC[C@@H]2[C@H]3CC[C@H]4[C@H](O)[C@@H](O)CC[C@]4(C)[C@@H]3CC[C@]21C. The summed E-state index contributed by atoms with van der Waals surface area (Å²) in [7, 11) is 0. The van der Waals surface area contributed by atoms with E-state index in [-0.39, 0.29) is 5.41 Å². The largest absolute Gasteiger partial charge is 0.390 e. The Labute approximate surface area is 180 Å². The number of aliphatic hydroxyl groups is 2. The Morgan fingerprint density at radius 1 is 0.759 bits per heavy atom. The summed E-state index contributed by atoms with van der Waals surface area (Å²) >= 11 is 0. The van der Waals surface area contributed by atoms with E-state index in [1.165, 1.54) is 51.4 Å². The fraction of sp³-hybridized carbons (Fsp3) is 1.00. The van der Waals surface area contributed by atoms with Gasteiger partial charge in [-0.3, -0.25) is 0 Å². The summed E-state index contributed by atoms with van der Waals surface area (Å²) in [6.07, 6.45) is 13.3. The molecule has 4 saturated carbocycles. The van der Waals surface area contributed by atoms with E-state index in [2.05, 4.69) is 34.6 Å². The molecule has 0 radical (unpaired) electrons. The molecule has 4 fully saturated rings. The van der Waals surface area contributed by atoms with Crippen molar-refractivity contribution >= 4 is 0 Å². The molecule has 2 nitrogen and oxygen atoms in total. The summed E-state index contributed by atoms with van der Waals surface area (Å²) in [5.41, 5.74) is 0.804. The van der Waals surface area contributed by atoms with Crippen molar-refractivity contribution in [1.29, 1.82) is 0 Å². The van der Waals surface area contributed by atoms with Crippen LogP contribution in [0.25, 0.3) is 0 Å². The van der Waals surface area contributed by atoms with Gasteiger partial charge in [-0.1, -0.05) is 53.9 Å². The number of hydrogen-bond acceptors (Lipinski definition) is 2. The summed E-state index contributed by atoms with van der Waals surface area (Å²) in [6, 6.07) is 0. The van der Waals surface area contributed by atoms with E-state index in [1.807, 2.05) is 0 Å². The predicted octanol–water partition coefficient (Wildman–Crippen LogP) is 6.44. The van der Waals surface area contributed by atoms with Crippen LogP contribution in [-0.4, -0.2) is 22.4 Å². The van der Waals surface area contributed by atoms with Crippen molar-refractivity contribution in [3.05, 3.63) is 0 Å². The highest BCUT2D eigenvalue weighted by Gasteiger charge is 2.61. The van der Waals surface area contributed by atoms with Gasteiger partial charge in [0, 0.05) is 0 Å². The topological polar surface area (TPSA) is 40.5 Å². The third-order valence-electron chi connectivity index (χ3n) is 10.9. The van der Waals surface area contributed by atoms with Crippen molar-refractivity contribution in [3.63, 3.8) is 0 Å². The molecule has 4 aliphatic rings. The Morgan fingerprint density at radius 3 is 2.14 bits per heavy atom. The van der Waals surface area contributed by atoms with E-state index in [1.54, 1.807) is 0 Å². The van der Waals surface area contributed by atoms with Crippen LogP contribution in [0.1, 0.15) is 105 Å². The molecule has 4 rings (SSSR count). The van der Waals surface area contributed by atoms with Gasteiger partial charge < -0.3 is 10.2 Å². The van der Waals surface area contributed by atoms with Gasteiger partial charge in [0.05, 0.1) is 12.2 Å². The highest BCUT2D eigenvalue weighted by Crippen LogP contribution is 2.68. The summed E-state index contributed by atoms with van der Waals surface area (Å²) in [5.74, 6) is 5.50. The molecule has 0 saturated heterocycles. The number of hydrogen-bond donors (Lipinski definition) is 2. The lowest BCUT2D eigenvalue weighted by atomic mass is 9.44. The molecule has 0 unspecified atom stereocenters. The zero-order chi connectivity index (χ0) is 21.0. The molecule has 0 aromatic carbocycles. The average molecular weight is 405 g/mol. The second-order valence-corrected chi connectivity index (χ2v) is 12.7. The maximum Gasteiger partial charge on any atom is 0.0832 e. The van der Waals surface area contributed by atoms with E-state index in [0.29, 0.717) is 11.3 Å². The molecule has 4 aliphatic carbocycles. The van der Waals surface area contributed by atoms with Crippen LogP contribution < -0.4 is 0 Å². The van der Waals surface area contributed by atoms with Gasteiger partial charge in [0.2, 0.25) is 0 Å². The fourth-order valence-electron chi connectivity index (χ4n) is 9.34. The lowest BCUT2D eigenvalue weighted by Crippen LogP contribution is -2.58. The van der Waals surface area contributed by atoms with E-state index in [4.69, 9.17) is 0 Å². The van der Waals surface area contributed by atoms with Crippen LogP contribution in [0.5, 0.6) is 0 Å². The maximum atomic E-state index is 10.8. The van der Waals surface area contributed by atoms with Crippen molar-refractivity contribution in [2.75, 3.05) is 0 Å². The van der Waals surface area contributed by atoms with E-state index in [9.17, 15) is 10.2 Å². The van der Waals surface area contributed by atoms with E-state index < -0.39 is 12.2 Å². The van der Waals surface area contributed by atoms with Gasteiger partial charge >= 0.3 is 0 Å². The highest BCUT2D eigenvalue weighted by molar-refractivity contribution is 5.11. The van der Waals surface area contributed by atoms with Crippen molar-refractivity contribution in [1.82, 2.24) is 0 Å². The van der Waals surface area contributed by atoms with Gasteiger partial charge in [-0.15, -0.1) is 0 Å². The summed E-state index contributed by atoms with van der Waals surface area (Å²) in [6.45, 7) is 12.4. The molecule has 0 amide bonds. The molecule has 0 aromatic rings. The van der Waals surface area contributed by atoms with Crippen molar-refractivity contribution in [2.45, 2.75) is 117 Å². The van der Waals surface area contributed by atoms with Crippen LogP contribution >= 0.6 is 0 Å². The van der Waals surface area contributed by atoms with Crippen LogP contribution in [0, 0.1) is 52.3 Å². The molecule has 0 aromatic heterocycles.